The Morgan fingerprint density at radius 3 is 2.81 bits per heavy atom. The highest BCUT2D eigenvalue weighted by molar-refractivity contribution is 9.09. The second-order valence-corrected chi connectivity index (χ2v) is 6.08. The highest BCUT2D eigenvalue weighted by Gasteiger charge is 2.28. The first-order chi connectivity index (χ1) is 7.66. The molecule has 0 radical (unpaired) electrons. The van der Waals surface area contributed by atoms with Crippen LogP contribution in [0.3, 0.4) is 0 Å². The van der Waals surface area contributed by atoms with Crippen LogP contribution in [0.1, 0.15) is 31.2 Å². The number of hydrogen-bond acceptors (Lipinski definition) is 0. The van der Waals surface area contributed by atoms with Crippen molar-refractivity contribution >= 4 is 27.5 Å². The average molecular weight is 306 g/mol. The van der Waals surface area contributed by atoms with Crippen LogP contribution in [0.4, 0.5) is 4.39 Å². The van der Waals surface area contributed by atoms with Crippen LogP contribution >= 0.6 is 27.5 Å². The molecule has 1 aromatic rings. The van der Waals surface area contributed by atoms with E-state index in [1.165, 1.54) is 25.3 Å². The molecule has 1 aliphatic carbocycles. The van der Waals surface area contributed by atoms with Crippen LogP contribution in [0.15, 0.2) is 18.2 Å². The van der Waals surface area contributed by atoms with Crippen LogP contribution in [0, 0.1) is 11.7 Å². The molecule has 1 aromatic carbocycles. The van der Waals surface area contributed by atoms with E-state index in [-0.39, 0.29) is 10.8 Å². The third kappa shape index (κ3) is 3.46. The first-order valence-electron chi connectivity index (χ1n) is 5.75. The lowest BCUT2D eigenvalue weighted by atomic mass is 10.1. The molecule has 0 aromatic heterocycles. The van der Waals surface area contributed by atoms with Crippen LogP contribution in [-0.2, 0) is 6.42 Å². The summed E-state index contributed by atoms with van der Waals surface area (Å²) in [6.45, 7) is 0. The first kappa shape index (κ1) is 12.4. The summed E-state index contributed by atoms with van der Waals surface area (Å²) in [4.78, 5) is 0.670. The van der Waals surface area contributed by atoms with Gasteiger partial charge in [-0.1, -0.05) is 33.6 Å². The van der Waals surface area contributed by atoms with Gasteiger partial charge in [-0.15, -0.1) is 0 Å². The minimum Gasteiger partial charge on any atom is -0.205 e. The van der Waals surface area contributed by atoms with Gasteiger partial charge in [0.2, 0.25) is 0 Å². The smallest absolute Gasteiger partial charge is 0.141 e. The van der Waals surface area contributed by atoms with E-state index in [1.54, 1.807) is 6.07 Å². The number of aryl methyl sites for hydroxylation is 1. The Morgan fingerprint density at radius 2 is 2.19 bits per heavy atom. The van der Waals surface area contributed by atoms with Crippen molar-refractivity contribution in [1.29, 1.82) is 0 Å². The molecule has 1 fully saturated rings. The van der Waals surface area contributed by atoms with E-state index >= 15 is 0 Å². The monoisotopic (exact) mass is 304 g/mol. The molecule has 0 amide bonds. The normalized spacial score (nSPS) is 17.4. The molecular weight excluding hydrogens is 290 g/mol. The van der Waals surface area contributed by atoms with Gasteiger partial charge in [-0.2, -0.15) is 0 Å². The minimum absolute atomic E-state index is 0.232. The van der Waals surface area contributed by atoms with Crippen LogP contribution in [-0.4, -0.2) is 4.83 Å². The maximum atomic E-state index is 12.9. The fourth-order valence-electron chi connectivity index (χ4n) is 1.89. The molecule has 0 aliphatic heterocycles. The summed E-state index contributed by atoms with van der Waals surface area (Å²) in [5.41, 5.74) is 1.13. The van der Waals surface area contributed by atoms with Crippen LogP contribution in [0.2, 0.25) is 5.02 Å². The lowest BCUT2D eigenvalue weighted by Gasteiger charge is -2.08. The molecule has 88 valence electrons. The van der Waals surface area contributed by atoms with E-state index in [1.807, 2.05) is 6.07 Å². The summed E-state index contributed by atoms with van der Waals surface area (Å²) in [6.07, 6.45) is 6.06. The van der Waals surface area contributed by atoms with Gasteiger partial charge in [0.1, 0.15) is 5.82 Å². The Hall–Kier alpha value is -0.0800. The number of alkyl halides is 1. The van der Waals surface area contributed by atoms with Gasteiger partial charge in [-0.05, 0) is 55.7 Å². The Bertz CT molecular complexity index is 363. The lowest BCUT2D eigenvalue weighted by molar-refractivity contribution is 0.625. The molecule has 1 aliphatic rings. The number of benzene rings is 1. The van der Waals surface area contributed by atoms with Gasteiger partial charge in [-0.3, -0.25) is 0 Å². The molecule has 0 saturated heterocycles. The largest absolute Gasteiger partial charge is 0.205 e. The zero-order chi connectivity index (χ0) is 11.5. The standard InChI is InChI=1S/C13H15BrClF/c14-11(10-5-6-10)3-1-2-9-4-7-13(16)12(15)8-9/h4,7-8,10-11H,1-3,5-6H2. The second-order valence-electron chi connectivity index (χ2n) is 4.49. The molecule has 1 saturated carbocycles. The highest BCUT2D eigenvalue weighted by Crippen LogP contribution is 2.38. The van der Waals surface area contributed by atoms with Gasteiger partial charge in [0.05, 0.1) is 5.02 Å². The average Bonchev–Trinajstić information content (AvgIpc) is 3.07. The van der Waals surface area contributed by atoms with Gasteiger partial charge in [0, 0.05) is 4.83 Å². The van der Waals surface area contributed by atoms with Gasteiger partial charge >= 0.3 is 0 Å². The predicted molar refractivity (Wildman–Crippen MR) is 69.8 cm³/mol. The van der Waals surface area contributed by atoms with Crippen molar-refractivity contribution < 1.29 is 4.39 Å². The molecule has 1 atom stereocenters. The molecule has 2 rings (SSSR count). The molecule has 0 spiro atoms. The van der Waals surface area contributed by atoms with Crippen molar-refractivity contribution in [2.75, 3.05) is 0 Å². The van der Waals surface area contributed by atoms with Crippen LogP contribution in [0.25, 0.3) is 0 Å². The zero-order valence-electron chi connectivity index (χ0n) is 9.06. The fourth-order valence-corrected chi connectivity index (χ4v) is 2.95. The summed E-state index contributed by atoms with van der Waals surface area (Å²) in [5.74, 6) is 0.568. The molecule has 0 N–H and O–H groups in total. The van der Waals surface area contributed by atoms with Crippen molar-refractivity contribution in [3.05, 3.63) is 34.6 Å². The number of halogens is 3. The summed E-state index contributed by atoms with van der Waals surface area (Å²) >= 11 is 9.45. The SMILES string of the molecule is Fc1ccc(CCCC(Br)C2CC2)cc1Cl. The molecule has 0 nitrogen and oxygen atoms in total. The quantitative estimate of drug-likeness (QED) is 0.673. The van der Waals surface area contributed by atoms with E-state index in [9.17, 15) is 4.39 Å². The Labute approximate surface area is 109 Å². The number of hydrogen-bond donors (Lipinski definition) is 0. The van der Waals surface area contributed by atoms with Gasteiger partial charge < -0.3 is 0 Å². The lowest BCUT2D eigenvalue weighted by Crippen LogP contribution is -2.01. The van der Waals surface area contributed by atoms with Gasteiger partial charge in [0.15, 0.2) is 0 Å². The minimum atomic E-state index is -0.332. The van der Waals surface area contributed by atoms with E-state index < -0.39 is 0 Å². The van der Waals surface area contributed by atoms with Crippen molar-refractivity contribution in [1.82, 2.24) is 0 Å². The maximum absolute atomic E-state index is 12.9. The fraction of sp³-hybridized carbons (Fsp3) is 0.538. The second kappa shape index (κ2) is 5.50. The molecule has 16 heavy (non-hydrogen) atoms. The van der Waals surface area contributed by atoms with Crippen molar-refractivity contribution in [3.63, 3.8) is 0 Å². The van der Waals surface area contributed by atoms with Crippen molar-refractivity contribution in [2.24, 2.45) is 5.92 Å². The molecule has 1 unspecified atom stereocenters. The van der Waals surface area contributed by atoms with Crippen LogP contribution < -0.4 is 0 Å². The summed E-state index contributed by atoms with van der Waals surface area (Å²) < 4.78 is 12.9. The molecular formula is C13H15BrClF. The zero-order valence-corrected chi connectivity index (χ0v) is 11.4. The summed E-state index contributed by atoms with van der Waals surface area (Å²) in [5, 5.41) is 0.232. The Morgan fingerprint density at radius 1 is 1.44 bits per heavy atom. The Balaban J connectivity index is 1.78. The van der Waals surface area contributed by atoms with E-state index in [4.69, 9.17) is 11.6 Å². The first-order valence-corrected chi connectivity index (χ1v) is 7.04. The predicted octanol–water partition coefficient (Wildman–Crippen LogP) is 4.98. The van der Waals surface area contributed by atoms with E-state index in [2.05, 4.69) is 15.9 Å². The third-order valence-electron chi connectivity index (χ3n) is 3.06. The maximum Gasteiger partial charge on any atom is 0.141 e. The summed E-state index contributed by atoms with van der Waals surface area (Å²) in [7, 11) is 0. The third-order valence-corrected chi connectivity index (χ3v) is 4.56. The van der Waals surface area contributed by atoms with Crippen LogP contribution in [0.5, 0.6) is 0 Å². The highest BCUT2D eigenvalue weighted by atomic mass is 79.9. The molecule has 0 bridgehead atoms. The van der Waals surface area contributed by atoms with Crippen molar-refractivity contribution in [2.45, 2.75) is 36.9 Å². The van der Waals surface area contributed by atoms with Crippen molar-refractivity contribution in [3.8, 4) is 0 Å². The molecule has 3 heteroatoms. The Kier molecular flexibility index (Phi) is 4.26. The topological polar surface area (TPSA) is 0 Å². The van der Waals surface area contributed by atoms with Gasteiger partial charge in [0.25, 0.3) is 0 Å². The van der Waals surface area contributed by atoms with Gasteiger partial charge in [-0.25, -0.2) is 4.39 Å². The molecule has 0 heterocycles. The van der Waals surface area contributed by atoms with E-state index in [0.29, 0.717) is 4.83 Å². The number of rotatable bonds is 5. The van der Waals surface area contributed by atoms with E-state index in [0.717, 1.165) is 24.3 Å². The summed E-state index contributed by atoms with van der Waals surface area (Å²) in [6, 6.07) is 5.00.